The summed E-state index contributed by atoms with van der Waals surface area (Å²) in [5.41, 5.74) is 6.03. The molecule has 5 nitrogen and oxygen atoms in total. The van der Waals surface area contributed by atoms with E-state index in [0.29, 0.717) is 35.3 Å². The highest BCUT2D eigenvalue weighted by Gasteiger charge is 2.07. The predicted octanol–water partition coefficient (Wildman–Crippen LogP) is 5.39. The molecule has 0 atom stereocenters. The van der Waals surface area contributed by atoms with Gasteiger partial charge in [-0.2, -0.15) is 5.10 Å². The van der Waals surface area contributed by atoms with Crippen LogP contribution in [0.15, 0.2) is 71.8 Å². The van der Waals surface area contributed by atoms with Crippen molar-refractivity contribution in [3.8, 4) is 11.5 Å². The molecule has 0 unspecified atom stereocenters. The molecule has 0 aliphatic carbocycles. The van der Waals surface area contributed by atoms with Gasteiger partial charge in [0.2, 0.25) is 0 Å². The van der Waals surface area contributed by atoms with Gasteiger partial charge in [0.1, 0.15) is 6.61 Å². The minimum atomic E-state index is -0.314. The van der Waals surface area contributed by atoms with Crippen molar-refractivity contribution in [2.75, 3.05) is 6.61 Å². The van der Waals surface area contributed by atoms with Crippen LogP contribution in [-0.4, -0.2) is 18.7 Å². The van der Waals surface area contributed by atoms with Gasteiger partial charge in [0.15, 0.2) is 11.5 Å². The Kier molecular flexibility index (Phi) is 7.46. The monoisotopic (exact) mass is 422 g/mol. The molecule has 30 heavy (non-hydrogen) atoms. The maximum atomic E-state index is 12.1. The summed E-state index contributed by atoms with van der Waals surface area (Å²) in [6.07, 6.45) is 1.56. The van der Waals surface area contributed by atoms with Gasteiger partial charge >= 0.3 is 0 Å². The molecule has 6 heteroatoms. The minimum absolute atomic E-state index is 0.314. The van der Waals surface area contributed by atoms with Crippen LogP contribution in [-0.2, 0) is 6.61 Å². The highest BCUT2D eigenvalue weighted by Crippen LogP contribution is 2.29. The van der Waals surface area contributed by atoms with Crippen LogP contribution in [0.5, 0.6) is 11.5 Å². The number of benzene rings is 3. The van der Waals surface area contributed by atoms with Crippen LogP contribution < -0.4 is 14.9 Å². The summed E-state index contributed by atoms with van der Waals surface area (Å²) in [6.45, 7) is 4.92. The quantitative estimate of drug-likeness (QED) is 0.391. The second kappa shape index (κ2) is 10.5. The van der Waals surface area contributed by atoms with Gasteiger partial charge in [-0.3, -0.25) is 4.79 Å². The van der Waals surface area contributed by atoms with Crippen molar-refractivity contribution in [1.82, 2.24) is 5.43 Å². The molecule has 0 bridgehead atoms. The average Bonchev–Trinajstić information content (AvgIpc) is 2.74. The zero-order valence-electron chi connectivity index (χ0n) is 16.9. The predicted molar refractivity (Wildman–Crippen MR) is 120 cm³/mol. The van der Waals surface area contributed by atoms with E-state index in [2.05, 4.69) is 29.6 Å². The van der Waals surface area contributed by atoms with E-state index >= 15 is 0 Å². The maximum Gasteiger partial charge on any atom is 0.271 e. The Hall–Kier alpha value is -3.31. The van der Waals surface area contributed by atoms with E-state index in [0.717, 1.165) is 11.1 Å². The van der Waals surface area contributed by atoms with Gasteiger partial charge in [0.05, 0.1) is 12.8 Å². The molecule has 3 rings (SSSR count). The lowest BCUT2D eigenvalue weighted by Crippen LogP contribution is -2.17. The lowest BCUT2D eigenvalue weighted by molar-refractivity contribution is 0.0955. The normalized spacial score (nSPS) is 10.8. The van der Waals surface area contributed by atoms with Crippen LogP contribution in [0.2, 0.25) is 5.02 Å². The average molecular weight is 423 g/mol. The van der Waals surface area contributed by atoms with E-state index in [4.69, 9.17) is 21.1 Å². The third-order valence-corrected chi connectivity index (χ3v) is 4.48. The van der Waals surface area contributed by atoms with Crippen molar-refractivity contribution in [2.45, 2.75) is 20.5 Å². The van der Waals surface area contributed by atoms with Crippen molar-refractivity contribution in [3.05, 3.63) is 94.0 Å². The molecule has 1 amide bonds. The Balaban J connectivity index is 1.65. The van der Waals surface area contributed by atoms with Gasteiger partial charge in [0.25, 0.3) is 5.91 Å². The Morgan fingerprint density at radius 1 is 1.03 bits per heavy atom. The molecule has 0 aliphatic rings. The second-order valence-electron chi connectivity index (χ2n) is 6.62. The van der Waals surface area contributed by atoms with Gasteiger partial charge in [-0.15, -0.1) is 0 Å². The molecule has 0 aliphatic heterocycles. The van der Waals surface area contributed by atoms with Crippen LogP contribution in [0.25, 0.3) is 0 Å². The number of hydrogen-bond donors (Lipinski definition) is 1. The molecular formula is C24H23ClN2O3. The minimum Gasteiger partial charge on any atom is -0.490 e. The van der Waals surface area contributed by atoms with E-state index in [1.807, 2.05) is 37.3 Å². The van der Waals surface area contributed by atoms with Gasteiger partial charge in [-0.1, -0.05) is 41.4 Å². The Labute approximate surface area is 181 Å². The maximum absolute atomic E-state index is 12.1. The zero-order valence-corrected chi connectivity index (χ0v) is 17.6. The molecule has 3 aromatic rings. The van der Waals surface area contributed by atoms with Gasteiger partial charge in [-0.25, -0.2) is 5.43 Å². The van der Waals surface area contributed by atoms with Gasteiger partial charge in [0, 0.05) is 10.6 Å². The van der Waals surface area contributed by atoms with Gasteiger partial charge < -0.3 is 9.47 Å². The molecule has 0 fully saturated rings. The number of ether oxygens (including phenoxy) is 2. The first-order valence-corrected chi connectivity index (χ1v) is 9.97. The summed E-state index contributed by atoms with van der Waals surface area (Å²) in [7, 11) is 0. The zero-order chi connectivity index (χ0) is 21.3. The van der Waals surface area contributed by atoms with Crippen LogP contribution >= 0.6 is 11.6 Å². The van der Waals surface area contributed by atoms with E-state index in [1.165, 1.54) is 5.56 Å². The van der Waals surface area contributed by atoms with E-state index in [9.17, 15) is 4.79 Å². The highest BCUT2D eigenvalue weighted by molar-refractivity contribution is 6.30. The molecular weight excluding hydrogens is 400 g/mol. The first-order valence-electron chi connectivity index (χ1n) is 9.59. The Bertz CT molecular complexity index is 1030. The van der Waals surface area contributed by atoms with E-state index < -0.39 is 0 Å². The number of nitrogens with zero attached hydrogens (tertiary/aromatic N) is 1. The lowest BCUT2D eigenvalue weighted by Gasteiger charge is -2.13. The van der Waals surface area contributed by atoms with Crippen molar-refractivity contribution < 1.29 is 14.3 Å². The van der Waals surface area contributed by atoms with Crippen molar-refractivity contribution in [3.63, 3.8) is 0 Å². The van der Waals surface area contributed by atoms with E-state index in [-0.39, 0.29) is 5.91 Å². The first-order chi connectivity index (χ1) is 14.5. The fraction of sp³-hybridized carbons (Fsp3) is 0.167. The lowest BCUT2D eigenvalue weighted by atomic mass is 10.1. The Morgan fingerprint density at radius 3 is 2.57 bits per heavy atom. The number of nitrogens with one attached hydrogen (secondary N) is 1. The van der Waals surface area contributed by atoms with E-state index in [1.54, 1.807) is 30.5 Å². The number of amides is 1. The number of hydrazone groups is 1. The fourth-order valence-corrected chi connectivity index (χ4v) is 2.91. The third kappa shape index (κ3) is 6.09. The number of halogens is 1. The number of rotatable bonds is 8. The van der Waals surface area contributed by atoms with Crippen LogP contribution in [0.1, 0.15) is 34.0 Å². The van der Waals surface area contributed by atoms with Crippen LogP contribution in [0.3, 0.4) is 0 Å². The number of carbonyl (C=O) groups excluding carboxylic acids is 1. The standard InChI is InChI=1S/C24H23ClN2O3/c1-3-29-23-14-18(15-26-27-24(28)20-8-10-21(25)11-9-20)7-12-22(23)30-16-19-6-4-5-17(2)13-19/h4-15H,3,16H2,1-2H3,(H,27,28)/b26-15-. The number of aryl methyl sites for hydroxylation is 1. The largest absolute Gasteiger partial charge is 0.490 e. The third-order valence-electron chi connectivity index (χ3n) is 4.23. The van der Waals surface area contributed by atoms with Gasteiger partial charge in [-0.05, 0) is 67.4 Å². The van der Waals surface area contributed by atoms with Crippen molar-refractivity contribution in [2.24, 2.45) is 5.10 Å². The summed E-state index contributed by atoms with van der Waals surface area (Å²) in [4.78, 5) is 12.1. The molecule has 0 saturated carbocycles. The molecule has 154 valence electrons. The summed E-state index contributed by atoms with van der Waals surface area (Å²) in [5.74, 6) is 0.963. The van der Waals surface area contributed by atoms with Crippen molar-refractivity contribution in [1.29, 1.82) is 0 Å². The summed E-state index contributed by atoms with van der Waals surface area (Å²) < 4.78 is 11.7. The first kappa shape index (κ1) is 21.4. The molecule has 0 heterocycles. The molecule has 0 spiro atoms. The smallest absolute Gasteiger partial charge is 0.271 e. The highest BCUT2D eigenvalue weighted by atomic mass is 35.5. The van der Waals surface area contributed by atoms with Crippen LogP contribution in [0.4, 0.5) is 0 Å². The SMILES string of the molecule is CCOc1cc(/C=N\NC(=O)c2ccc(Cl)cc2)ccc1OCc1cccc(C)c1. The van der Waals surface area contributed by atoms with Crippen LogP contribution in [0, 0.1) is 6.92 Å². The molecule has 0 radical (unpaired) electrons. The second-order valence-corrected chi connectivity index (χ2v) is 7.06. The molecule has 1 N–H and O–H groups in total. The summed E-state index contributed by atoms with van der Waals surface area (Å²) in [5, 5.41) is 4.59. The molecule has 3 aromatic carbocycles. The number of carbonyl (C=O) groups is 1. The topological polar surface area (TPSA) is 59.9 Å². The summed E-state index contributed by atoms with van der Waals surface area (Å²) in [6, 6.07) is 20.3. The van der Waals surface area contributed by atoms with Crippen molar-refractivity contribution >= 4 is 23.7 Å². The summed E-state index contributed by atoms with van der Waals surface area (Å²) >= 11 is 5.83. The fourth-order valence-electron chi connectivity index (χ4n) is 2.79. The number of hydrogen-bond acceptors (Lipinski definition) is 4. The Morgan fingerprint density at radius 2 is 1.83 bits per heavy atom. The molecule has 0 aromatic heterocycles. The molecule has 0 saturated heterocycles.